The fraction of sp³-hybridized carbons (Fsp3) is 0.857. The highest BCUT2D eigenvalue weighted by molar-refractivity contribution is 5.69. The lowest BCUT2D eigenvalue weighted by Crippen LogP contribution is -2.70. The summed E-state index contributed by atoms with van der Waals surface area (Å²) in [6.45, 7) is 6.79. The summed E-state index contributed by atoms with van der Waals surface area (Å²) in [6, 6.07) is 0. The molecule has 2 aliphatic carbocycles. The summed E-state index contributed by atoms with van der Waals surface area (Å²) in [6.07, 6.45) is 4.26. The van der Waals surface area contributed by atoms with E-state index >= 15 is 0 Å². The Labute approximate surface area is 162 Å². The van der Waals surface area contributed by atoms with Gasteiger partial charge in [0.25, 0.3) is 0 Å². The number of rotatable bonds is 7. The van der Waals surface area contributed by atoms with Crippen molar-refractivity contribution in [3.05, 3.63) is 11.6 Å². The third-order valence-corrected chi connectivity index (χ3v) is 7.01. The molecule has 0 radical (unpaired) electrons. The lowest BCUT2D eigenvalue weighted by molar-refractivity contribution is -0.237. The molecule has 0 saturated heterocycles. The monoisotopic (exact) mass is 384 g/mol. The van der Waals surface area contributed by atoms with E-state index < -0.39 is 42.4 Å². The van der Waals surface area contributed by atoms with Gasteiger partial charge in [-0.25, -0.2) is 0 Å². The molecule has 1 saturated carbocycles. The molecule has 2 rings (SSSR count). The molecule has 0 spiro atoms. The van der Waals surface area contributed by atoms with Gasteiger partial charge in [-0.3, -0.25) is 4.79 Å². The van der Waals surface area contributed by atoms with Gasteiger partial charge in [0.05, 0.1) is 19.3 Å². The number of carbonyl (C=O) groups is 1. The standard InChI is InChI=1S/C21H36O6/c1-5-6-7-8-17(25)27-15-11-14(12-22)21(26,13-23)20(4)16(24)9-10-19(2,3)18(15)20/h11,15-16,18,22-24,26H,5-10,12-13H2,1-4H3/t15-,16+,18+,20+,21-/m1/s1. The van der Waals surface area contributed by atoms with E-state index in [1.54, 1.807) is 13.0 Å². The zero-order valence-corrected chi connectivity index (χ0v) is 17.1. The van der Waals surface area contributed by atoms with Crippen LogP contribution in [0.5, 0.6) is 0 Å². The van der Waals surface area contributed by atoms with Gasteiger partial charge in [-0.15, -0.1) is 0 Å². The second-order valence-corrected chi connectivity index (χ2v) is 9.08. The van der Waals surface area contributed by atoms with Crippen molar-refractivity contribution >= 4 is 5.97 Å². The maximum Gasteiger partial charge on any atom is 0.306 e. The third-order valence-electron chi connectivity index (χ3n) is 7.01. The van der Waals surface area contributed by atoms with Gasteiger partial charge in [-0.1, -0.05) is 40.5 Å². The fourth-order valence-electron chi connectivity index (χ4n) is 5.37. The van der Waals surface area contributed by atoms with Crippen molar-refractivity contribution in [3.8, 4) is 0 Å². The molecule has 0 aromatic heterocycles. The number of hydrogen-bond donors (Lipinski definition) is 4. The molecule has 0 heterocycles. The number of fused-ring (bicyclic) bond motifs is 1. The molecule has 2 aliphatic rings. The van der Waals surface area contributed by atoms with Crippen LogP contribution in [0.4, 0.5) is 0 Å². The quantitative estimate of drug-likeness (QED) is 0.304. The number of unbranched alkanes of at least 4 members (excludes halogenated alkanes) is 2. The van der Waals surface area contributed by atoms with Crippen LogP contribution in [0.1, 0.15) is 66.2 Å². The van der Waals surface area contributed by atoms with Gasteiger partial charge in [0.15, 0.2) is 0 Å². The maximum atomic E-state index is 12.4. The van der Waals surface area contributed by atoms with Gasteiger partial charge in [-0.2, -0.15) is 0 Å². The largest absolute Gasteiger partial charge is 0.458 e. The zero-order valence-electron chi connectivity index (χ0n) is 17.1. The molecule has 27 heavy (non-hydrogen) atoms. The SMILES string of the molecule is CCCCCC(=O)O[C@@H]1C=C(CO)[C@](O)(CO)[C@@]2(C)[C@@H](O)CCC(C)(C)[C@H]12. The normalized spacial score (nSPS) is 38.1. The smallest absolute Gasteiger partial charge is 0.306 e. The molecule has 1 fully saturated rings. The van der Waals surface area contributed by atoms with E-state index in [4.69, 9.17) is 4.74 Å². The molecule has 156 valence electrons. The molecule has 0 unspecified atom stereocenters. The van der Waals surface area contributed by atoms with Crippen LogP contribution in [0.25, 0.3) is 0 Å². The first-order valence-electron chi connectivity index (χ1n) is 10.1. The van der Waals surface area contributed by atoms with E-state index in [-0.39, 0.29) is 17.0 Å². The van der Waals surface area contributed by atoms with Gasteiger partial charge in [-0.05, 0) is 36.3 Å². The summed E-state index contributed by atoms with van der Waals surface area (Å²) in [5.41, 5.74) is -3.05. The average molecular weight is 385 g/mol. The molecule has 4 N–H and O–H groups in total. The van der Waals surface area contributed by atoms with Crippen molar-refractivity contribution < 1.29 is 30.0 Å². The Balaban J connectivity index is 2.46. The number of esters is 1. The van der Waals surface area contributed by atoms with Crippen molar-refractivity contribution in [2.75, 3.05) is 13.2 Å². The van der Waals surface area contributed by atoms with Crippen molar-refractivity contribution in [3.63, 3.8) is 0 Å². The van der Waals surface area contributed by atoms with Crippen LogP contribution in [0.2, 0.25) is 0 Å². The van der Waals surface area contributed by atoms with Crippen molar-refractivity contribution in [1.82, 2.24) is 0 Å². The Hall–Kier alpha value is -0.950. The van der Waals surface area contributed by atoms with E-state index in [1.165, 1.54) is 0 Å². The maximum absolute atomic E-state index is 12.4. The second-order valence-electron chi connectivity index (χ2n) is 9.08. The van der Waals surface area contributed by atoms with Gasteiger partial charge in [0.1, 0.15) is 11.7 Å². The van der Waals surface area contributed by atoms with Crippen LogP contribution in [0.15, 0.2) is 11.6 Å². The molecule has 0 amide bonds. The summed E-state index contributed by atoms with van der Waals surface area (Å²) in [5, 5.41) is 42.1. The summed E-state index contributed by atoms with van der Waals surface area (Å²) in [7, 11) is 0. The molecule has 6 heteroatoms. The predicted octanol–water partition coefficient (Wildman–Crippen LogP) is 1.94. The summed E-state index contributed by atoms with van der Waals surface area (Å²) in [5.74, 6) is -0.703. The van der Waals surface area contributed by atoms with Crippen molar-refractivity contribution in [1.29, 1.82) is 0 Å². The molecule has 0 aromatic rings. The number of ether oxygens (including phenoxy) is 1. The van der Waals surface area contributed by atoms with Gasteiger partial charge in [0, 0.05) is 17.8 Å². The van der Waals surface area contributed by atoms with Crippen LogP contribution in [0.3, 0.4) is 0 Å². The van der Waals surface area contributed by atoms with Crippen molar-refractivity contribution in [2.24, 2.45) is 16.7 Å². The average Bonchev–Trinajstić information content (AvgIpc) is 2.61. The summed E-state index contributed by atoms with van der Waals surface area (Å²) >= 11 is 0. The first-order chi connectivity index (χ1) is 12.6. The Morgan fingerprint density at radius 3 is 2.48 bits per heavy atom. The van der Waals surface area contributed by atoms with Gasteiger partial charge >= 0.3 is 5.97 Å². The molecular formula is C21H36O6. The van der Waals surface area contributed by atoms with Crippen LogP contribution >= 0.6 is 0 Å². The summed E-state index contributed by atoms with van der Waals surface area (Å²) in [4.78, 5) is 12.4. The van der Waals surface area contributed by atoms with E-state index in [1.807, 2.05) is 13.8 Å². The first-order valence-corrected chi connectivity index (χ1v) is 10.1. The lowest BCUT2D eigenvalue weighted by atomic mass is 9.45. The first kappa shape index (κ1) is 22.3. The highest BCUT2D eigenvalue weighted by Gasteiger charge is 2.66. The highest BCUT2D eigenvalue weighted by Crippen LogP contribution is 2.61. The van der Waals surface area contributed by atoms with Crippen LogP contribution < -0.4 is 0 Å². The Kier molecular flexibility index (Phi) is 6.78. The summed E-state index contributed by atoms with van der Waals surface area (Å²) < 4.78 is 5.80. The highest BCUT2D eigenvalue weighted by atomic mass is 16.5. The number of carbonyl (C=O) groups excluding carboxylic acids is 1. The third kappa shape index (κ3) is 3.69. The fourth-order valence-corrected chi connectivity index (χ4v) is 5.37. The van der Waals surface area contributed by atoms with Gasteiger partial charge in [0.2, 0.25) is 0 Å². The Morgan fingerprint density at radius 2 is 1.93 bits per heavy atom. The van der Waals surface area contributed by atoms with E-state index in [9.17, 15) is 25.2 Å². The number of hydrogen-bond acceptors (Lipinski definition) is 6. The van der Waals surface area contributed by atoms with E-state index in [2.05, 4.69) is 6.92 Å². The minimum Gasteiger partial charge on any atom is -0.458 e. The van der Waals surface area contributed by atoms with Gasteiger partial charge < -0.3 is 25.2 Å². The molecule has 5 atom stereocenters. The predicted molar refractivity (Wildman–Crippen MR) is 102 cm³/mol. The van der Waals surface area contributed by atoms with Crippen molar-refractivity contribution in [2.45, 2.75) is 84.0 Å². The van der Waals surface area contributed by atoms with Crippen LogP contribution in [0, 0.1) is 16.7 Å². The molecule has 6 nitrogen and oxygen atoms in total. The van der Waals surface area contributed by atoms with E-state index in [0.717, 1.165) is 19.3 Å². The Bertz CT molecular complexity index is 571. The topological polar surface area (TPSA) is 107 Å². The molecule has 0 bridgehead atoms. The minimum atomic E-state index is -1.77. The number of aliphatic hydroxyl groups excluding tert-OH is 3. The number of aliphatic hydroxyl groups is 4. The zero-order chi connectivity index (χ0) is 20.5. The van der Waals surface area contributed by atoms with E-state index in [0.29, 0.717) is 19.3 Å². The minimum absolute atomic E-state index is 0.201. The lowest BCUT2D eigenvalue weighted by Gasteiger charge is -2.63. The van der Waals surface area contributed by atoms with Crippen LogP contribution in [-0.2, 0) is 9.53 Å². The Morgan fingerprint density at radius 1 is 1.26 bits per heavy atom. The molecule has 0 aromatic carbocycles. The molecule has 0 aliphatic heterocycles. The van der Waals surface area contributed by atoms with Crippen LogP contribution in [-0.4, -0.2) is 57.4 Å². The molecular weight excluding hydrogens is 348 g/mol. The second kappa shape index (κ2) is 8.19.